The predicted molar refractivity (Wildman–Crippen MR) is 115 cm³/mol. The number of hydrogen-bond acceptors (Lipinski definition) is 4. The first-order valence-corrected chi connectivity index (χ1v) is 12.7. The van der Waals surface area contributed by atoms with Crippen LogP contribution in [0.25, 0.3) is 0 Å². The van der Waals surface area contributed by atoms with Crippen LogP contribution in [0.4, 0.5) is 0 Å². The molecule has 1 aromatic carbocycles. The van der Waals surface area contributed by atoms with Crippen LogP contribution >= 0.6 is 11.3 Å². The van der Waals surface area contributed by atoms with Gasteiger partial charge < -0.3 is 4.90 Å². The van der Waals surface area contributed by atoms with Crippen LogP contribution in [0.15, 0.2) is 40.6 Å². The summed E-state index contributed by atoms with van der Waals surface area (Å²) in [5, 5.41) is 2.12. The van der Waals surface area contributed by atoms with Crippen LogP contribution in [-0.2, 0) is 21.2 Å². The van der Waals surface area contributed by atoms with Crippen molar-refractivity contribution in [3.8, 4) is 0 Å². The quantitative estimate of drug-likeness (QED) is 0.734. The van der Waals surface area contributed by atoms with Crippen LogP contribution in [0.1, 0.15) is 48.2 Å². The van der Waals surface area contributed by atoms with Gasteiger partial charge in [-0.15, -0.1) is 11.3 Å². The maximum absolute atomic E-state index is 13.3. The lowest BCUT2D eigenvalue weighted by atomic mass is 9.92. The van der Waals surface area contributed by atoms with Crippen LogP contribution < -0.4 is 0 Å². The van der Waals surface area contributed by atoms with E-state index in [4.69, 9.17) is 0 Å². The van der Waals surface area contributed by atoms with Gasteiger partial charge in [-0.2, -0.15) is 4.31 Å². The fraction of sp³-hybridized carbons (Fsp3) is 0.500. The van der Waals surface area contributed by atoms with E-state index >= 15 is 0 Å². The molecule has 0 saturated carbocycles. The molecule has 1 amide bonds. The first-order chi connectivity index (χ1) is 13.9. The molecule has 0 N–H and O–H groups in total. The normalized spacial score (nSPS) is 21.2. The van der Waals surface area contributed by atoms with Crippen molar-refractivity contribution in [1.82, 2.24) is 9.21 Å². The molecule has 0 aliphatic carbocycles. The molecule has 29 heavy (non-hydrogen) atoms. The summed E-state index contributed by atoms with van der Waals surface area (Å²) in [6.45, 7) is 5.65. The number of nitrogens with zero attached hydrogens (tertiary/aromatic N) is 2. The first kappa shape index (κ1) is 20.6. The van der Waals surface area contributed by atoms with E-state index in [2.05, 4.69) is 18.4 Å². The second kappa shape index (κ2) is 8.20. The Bertz CT molecular complexity index is 974. The van der Waals surface area contributed by atoms with E-state index in [1.54, 1.807) is 23.5 Å². The Morgan fingerprint density at radius 1 is 1.10 bits per heavy atom. The third kappa shape index (κ3) is 3.88. The fourth-order valence-corrected chi connectivity index (χ4v) is 6.94. The van der Waals surface area contributed by atoms with E-state index in [9.17, 15) is 13.2 Å². The highest BCUT2D eigenvalue weighted by Crippen LogP contribution is 2.37. The van der Waals surface area contributed by atoms with Crippen LogP contribution in [0.3, 0.4) is 0 Å². The van der Waals surface area contributed by atoms with Gasteiger partial charge in [0.05, 0.1) is 10.9 Å². The highest BCUT2D eigenvalue weighted by atomic mass is 32.2. The average Bonchev–Trinajstić information content (AvgIpc) is 3.22. The van der Waals surface area contributed by atoms with Crippen molar-refractivity contribution < 1.29 is 13.2 Å². The Kier molecular flexibility index (Phi) is 5.82. The van der Waals surface area contributed by atoms with Crippen LogP contribution in [0, 0.1) is 12.8 Å². The minimum absolute atomic E-state index is 0.0892. The van der Waals surface area contributed by atoms with Gasteiger partial charge in [0.2, 0.25) is 15.9 Å². The molecule has 1 fully saturated rings. The van der Waals surface area contributed by atoms with Gasteiger partial charge in [-0.25, -0.2) is 8.42 Å². The molecule has 156 valence electrons. The third-order valence-electron chi connectivity index (χ3n) is 6.23. The van der Waals surface area contributed by atoms with Crippen LogP contribution in [-0.4, -0.2) is 43.2 Å². The Labute approximate surface area is 177 Å². The van der Waals surface area contributed by atoms with Crippen molar-refractivity contribution in [2.24, 2.45) is 5.92 Å². The van der Waals surface area contributed by atoms with Gasteiger partial charge in [0, 0.05) is 30.4 Å². The predicted octanol–water partition coefficient (Wildman–Crippen LogP) is 3.99. The van der Waals surface area contributed by atoms with Gasteiger partial charge in [0.1, 0.15) is 0 Å². The molecule has 0 unspecified atom stereocenters. The van der Waals surface area contributed by atoms with Gasteiger partial charge in [-0.05, 0) is 61.7 Å². The summed E-state index contributed by atoms with van der Waals surface area (Å²) in [6, 6.07) is 9.29. The molecule has 1 aromatic heterocycles. The Hall–Kier alpha value is -1.70. The van der Waals surface area contributed by atoms with Crippen molar-refractivity contribution in [3.05, 3.63) is 51.7 Å². The number of aryl methyl sites for hydroxylation is 1. The second-order valence-electron chi connectivity index (χ2n) is 8.00. The Morgan fingerprint density at radius 2 is 1.79 bits per heavy atom. The van der Waals surface area contributed by atoms with Crippen LogP contribution in [0.5, 0.6) is 0 Å². The molecule has 1 saturated heterocycles. The highest BCUT2D eigenvalue weighted by molar-refractivity contribution is 7.89. The Balaban J connectivity index is 1.43. The number of piperidine rings is 1. The van der Waals surface area contributed by atoms with E-state index in [-0.39, 0.29) is 17.9 Å². The van der Waals surface area contributed by atoms with Gasteiger partial charge in [-0.3, -0.25) is 4.79 Å². The molecule has 2 aliphatic heterocycles. The lowest BCUT2D eigenvalue weighted by Gasteiger charge is -2.39. The van der Waals surface area contributed by atoms with Crippen molar-refractivity contribution in [2.45, 2.75) is 50.5 Å². The lowest BCUT2D eigenvalue weighted by Crippen LogP contribution is -2.47. The average molecular weight is 433 g/mol. The first-order valence-electron chi connectivity index (χ1n) is 10.4. The number of benzene rings is 1. The molecule has 1 atom stereocenters. The zero-order valence-corrected chi connectivity index (χ0v) is 18.6. The number of carbonyl (C=O) groups is 1. The molecule has 4 rings (SSSR count). The van der Waals surface area contributed by atoms with Gasteiger partial charge in [0.25, 0.3) is 0 Å². The molecule has 2 aliphatic rings. The van der Waals surface area contributed by atoms with Crippen molar-refractivity contribution >= 4 is 27.3 Å². The fourth-order valence-electron chi connectivity index (χ4n) is 4.54. The minimum Gasteiger partial charge on any atom is -0.335 e. The summed E-state index contributed by atoms with van der Waals surface area (Å²) < 4.78 is 27.4. The Morgan fingerprint density at radius 3 is 2.45 bits per heavy atom. The summed E-state index contributed by atoms with van der Waals surface area (Å²) in [6.07, 6.45) is 3.02. The maximum atomic E-state index is 13.3. The summed E-state index contributed by atoms with van der Waals surface area (Å²) in [5.41, 5.74) is 2.34. The van der Waals surface area contributed by atoms with Gasteiger partial charge in [-0.1, -0.05) is 24.6 Å². The summed E-state index contributed by atoms with van der Waals surface area (Å²) >= 11 is 1.78. The highest BCUT2D eigenvalue weighted by Gasteiger charge is 2.37. The van der Waals surface area contributed by atoms with Crippen molar-refractivity contribution in [2.75, 3.05) is 19.6 Å². The number of amides is 1. The third-order valence-corrected chi connectivity index (χ3v) is 9.14. The zero-order chi connectivity index (χ0) is 20.6. The molecule has 0 radical (unpaired) electrons. The molecule has 0 bridgehead atoms. The number of sulfonamides is 1. The largest absolute Gasteiger partial charge is 0.335 e. The topological polar surface area (TPSA) is 57.7 Å². The van der Waals surface area contributed by atoms with E-state index < -0.39 is 10.0 Å². The van der Waals surface area contributed by atoms with Gasteiger partial charge in [0.15, 0.2) is 0 Å². The molecule has 0 spiro atoms. The summed E-state index contributed by atoms with van der Waals surface area (Å²) in [5.74, 6) is 0.106. The monoisotopic (exact) mass is 432 g/mol. The standard InChI is InChI=1S/C22H28N2O3S2/c1-3-20-19-11-15-28-21(19)10-14-24(20)22(25)17-8-12-23(13-9-17)29(26,27)18-6-4-16(2)5-7-18/h4-7,11,15,17,20H,3,8-10,12-14H2,1-2H3/t20-/m1/s1. The van der Waals surface area contributed by atoms with E-state index in [0.717, 1.165) is 24.9 Å². The molecular formula is C22H28N2O3S2. The molecular weight excluding hydrogens is 404 g/mol. The number of fused-ring (bicyclic) bond motifs is 1. The number of carbonyl (C=O) groups excluding carboxylic acids is 1. The summed E-state index contributed by atoms with van der Waals surface area (Å²) in [7, 11) is -3.49. The number of rotatable bonds is 4. The number of thiophene rings is 1. The van der Waals surface area contributed by atoms with E-state index in [0.29, 0.717) is 30.8 Å². The number of hydrogen-bond donors (Lipinski definition) is 0. The summed E-state index contributed by atoms with van der Waals surface area (Å²) in [4.78, 5) is 17.1. The van der Waals surface area contributed by atoms with Gasteiger partial charge >= 0.3 is 0 Å². The molecule has 7 heteroatoms. The van der Waals surface area contributed by atoms with Crippen molar-refractivity contribution in [1.29, 1.82) is 0 Å². The molecule has 2 aromatic rings. The minimum atomic E-state index is -3.49. The zero-order valence-electron chi connectivity index (χ0n) is 17.0. The molecule has 3 heterocycles. The van der Waals surface area contributed by atoms with Crippen molar-refractivity contribution in [3.63, 3.8) is 0 Å². The smallest absolute Gasteiger partial charge is 0.243 e. The second-order valence-corrected chi connectivity index (χ2v) is 10.9. The lowest BCUT2D eigenvalue weighted by molar-refractivity contribution is -0.139. The van der Waals surface area contributed by atoms with E-state index in [1.807, 2.05) is 24.0 Å². The SMILES string of the molecule is CC[C@@H]1c2ccsc2CCN1C(=O)C1CCN(S(=O)(=O)c2ccc(C)cc2)CC1. The maximum Gasteiger partial charge on any atom is 0.243 e. The van der Waals surface area contributed by atoms with Crippen LogP contribution in [0.2, 0.25) is 0 Å². The van der Waals surface area contributed by atoms with E-state index in [1.165, 1.54) is 14.7 Å². The molecule has 5 nitrogen and oxygen atoms in total.